The number of ether oxygens (including phenoxy) is 1. The van der Waals surface area contributed by atoms with Crippen molar-refractivity contribution in [3.63, 3.8) is 0 Å². The maximum atomic E-state index is 13.5. The van der Waals surface area contributed by atoms with Gasteiger partial charge in [-0.2, -0.15) is 5.26 Å². The van der Waals surface area contributed by atoms with Gasteiger partial charge in [-0.05, 0) is 93.8 Å². The number of halogens is 1. The fourth-order valence-electron chi connectivity index (χ4n) is 7.77. The molecule has 1 aliphatic carbocycles. The Hall–Kier alpha value is -5.06. The number of rotatable bonds is 9. The lowest BCUT2D eigenvalue weighted by molar-refractivity contribution is -0.138. The van der Waals surface area contributed by atoms with Crippen LogP contribution in [0, 0.1) is 24.2 Å². The number of aromatic nitrogens is 4. The molecule has 3 aliphatic rings. The van der Waals surface area contributed by atoms with E-state index in [0.717, 1.165) is 85.9 Å². The van der Waals surface area contributed by atoms with Gasteiger partial charge in [0.05, 0.1) is 27.7 Å². The van der Waals surface area contributed by atoms with Gasteiger partial charge in [0.15, 0.2) is 11.5 Å². The molecule has 13 nitrogen and oxygen atoms in total. The number of amides is 2. The number of carbonyl (C=O) groups is 2. The number of pyridine rings is 2. The van der Waals surface area contributed by atoms with Gasteiger partial charge in [0.25, 0.3) is 11.5 Å². The Morgan fingerprint density at radius 3 is 2.44 bits per heavy atom. The van der Waals surface area contributed by atoms with E-state index in [-0.39, 0.29) is 41.1 Å². The van der Waals surface area contributed by atoms with E-state index in [1.807, 2.05) is 43.1 Å². The summed E-state index contributed by atoms with van der Waals surface area (Å²) in [5.41, 5.74) is 4.74. The SMILES string of the molecule is CCc1cc2ncc(CN3CCN(C(=O)C4CCN(c5ccc(C(=O)NC6CCC(Oc7ccc(C#N)c(Cl)c7C)CC6)nn5)CC4)CC3)cc2[nH]c1=O. The number of nitrogens with one attached hydrogen (secondary N) is 2. The van der Waals surface area contributed by atoms with E-state index in [2.05, 4.69) is 41.4 Å². The van der Waals surface area contributed by atoms with Crippen molar-refractivity contribution in [3.8, 4) is 11.8 Å². The van der Waals surface area contributed by atoms with E-state index in [9.17, 15) is 19.6 Å². The van der Waals surface area contributed by atoms with Gasteiger partial charge in [-0.25, -0.2) is 0 Å². The molecule has 282 valence electrons. The van der Waals surface area contributed by atoms with Crippen LogP contribution in [0.25, 0.3) is 11.0 Å². The number of piperazine rings is 1. The highest BCUT2D eigenvalue weighted by molar-refractivity contribution is 6.32. The van der Waals surface area contributed by atoms with Gasteiger partial charge in [0, 0.05) is 75.1 Å². The van der Waals surface area contributed by atoms with Crippen molar-refractivity contribution in [3.05, 3.63) is 85.9 Å². The van der Waals surface area contributed by atoms with E-state index >= 15 is 0 Å². The molecule has 0 unspecified atom stereocenters. The van der Waals surface area contributed by atoms with Crippen molar-refractivity contribution in [2.24, 2.45) is 5.92 Å². The maximum Gasteiger partial charge on any atom is 0.272 e. The molecular weight excluding hydrogens is 706 g/mol. The molecule has 4 aromatic rings. The second kappa shape index (κ2) is 16.5. The summed E-state index contributed by atoms with van der Waals surface area (Å²) >= 11 is 6.31. The van der Waals surface area contributed by atoms with Crippen LogP contribution in [0.3, 0.4) is 0 Å². The average Bonchev–Trinajstić information content (AvgIpc) is 3.20. The molecule has 2 amide bonds. The molecule has 2 saturated heterocycles. The number of benzene rings is 1. The third-order valence-corrected chi connectivity index (χ3v) is 11.6. The number of H-pyrrole nitrogens is 1. The highest BCUT2D eigenvalue weighted by Crippen LogP contribution is 2.32. The molecule has 1 aromatic carbocycles. The minimum atomic E-state index is -0.242. The van der Waals surface area contributed by atoms with Gasteiger partial charge in [0.1, 0.15) is 11.8 Å². The topological polar surface area (TPSA) is 160 Å². The summed E-state index contributed by atoms with van der Waals surface area (Å²) in [6.45, 7) is 8.89. The summed E-state index contributed by atoms with van der Waals surface area (Å²) in [5, 5.41) is 21.3. The predicted octanol–water partition coefficient (Wildman–Crippen LogP) is 4.79. The molecule has 1 saturated carbocycles. The third kappa shape index (κ3) is 8.35. The van der Waals surface area contributed by atoms with Crippen molar-refractivity contribution in [1.82, 2.24) is 35.3 Å². The van der Waals surface area contributed by atoms with Crippen LogP contribution in [-0.4, -0.2) is 93.2 Å². The first-order valence-corrected chi connectivity index (χ1v) is 19.3. The zero-order chi connectivity index (χ0) is 37.8. The number of aryl methyl sites for hydroxylation is 1. The lowest BCUT2D eigenvalue weighted by Crippen LogP contribution is -2.51. The van der Waals surface area contributed by atoms with Crippen LogP contribution in [0.2, 0.25) is 5.02 Å². The lowest BCUT2D eigenvalue weighted by atomic mass is 9.92. The van der Waals surface area contributed by atoms with Crippen LogP contribution in [-0.2, 0) is 17.8 Å². The van der Waals surface area contributed by atoms with Gasteiger partial charge in [0.2, 0.25) is 5.91 Å². The Labute approximate surface area is 319 Å². The van der Waals surface area contributed by atoms with Crippen LogP contribution in [0.4, 0.5) is 5.82 Å². The summed E-state index contributed by atoms with van der Waals surface area (Å²) in [7, 11) is 0. The van der Waals surface area contributed by atoms with Crippen molar-refractivity contribution < 1.29 is 14.3 Å². The summed E-state index contributed by atoms with van der Waals surface area (Å²) in [4.78, 5) is 52.8. The standard InChI is InChI=1S/C40H46ClN9O4/c1-3-27-21-33-34(45-38(27)51)20-26(23-43-33)24-48-16-18-50(19-17-48)40(53)28-12-14-49(15-13-28)36-11-9-32(46-47-36)39(52)44-30-5-7-31(8-6-30)54-35-10-4-29(22-42)37(41)25(35)2/h4,9-11,20-21,23,28,30-31H,3,5-8,12-19,24H2,1-2H3,(H,44,52)(H,45,51). The molecule has 2 aliphatic heterocycles. The van der Waals surface area contributed by atoms with E-state index in [1.165, 1.54) is 0 Å². The van der Waals surface area contributed by atoms with Crippen molar-refractivity contribution in [2.45, 2.75) is 77.5 Å². The Kier molecular flexibility index (Phi) is 11.4. The van der Waals surface area contributed by atoms with Gasteiger partial charge in [-0.15, -0.1) is 10.2 Å². The van der Waals surface area contributed by atoms with Crippen molar-refractivity contribution in [2.75, 3.05) is 44.2 Å². The number of hydrogen-bond donors (Lipinski definition) is 2. The number of aromatic amines is 1. The summed E-state index contributed by atoms with van der Waals surface area (Å²) in [6, 6.07) is 13.0. The number of nitriles is 1. The number of nitrogens with zero attached hydrogens (tertiary/aromatic N) is 7. The largest absolute Gasteiger partial charge is 0.490 e. The Balaban J connectivity index is 0.825. The van der Waals surface area contributed by atoms with Crippen LogP contribution in [0.1, 0.15) is 78.2 Å². The second-order valence-corrected chi connectivity index (χ2v) is 15.0. The Morgan fingerprint density at radius 2 is 1.76 bits per heavy atom. The van der Waals surface area contributed by atoms with Crippen LogP contribution < -0.4 is 20.5 Å². The Morgan fingerprint density at radius 1 is 1.00 bits per heavy atom. The minimum absolute atomic E-state index is 0.0131. The lowest BCUT2D eigenvalue weighted by Gasteiger charge is -2.38. The number of hydrogen-bond acceptors (Lipinski definition) is 10. The normalized spacial score (nSPS) is 19.7. The molecule has 0 bridgehead atoms. The zero-order valence-corrected chi connectivity index (χ0v) is 31.6. The van der Waals surface area contributed by atoms with Gasteiger partial charge in [-0.1, -0.05) is 18.5 Å². The van der Waals surface area contributed by atoms with E-state index in [0.29, 0.717) is 54.8 Å². The highest BCUT2D eigenvalue weighted by atomic mass is 35.5. The fraction of sp³-hybridized carbons (Fsp3) is 0.475. The highest BCUT2D eigenvalue weighted by Gasteiger charge is 2.31. The van der Waals surface area contributed by atoms with Gasteiger partial charge < -0.3 is 24.8 Å². The van der Waals surface area contributed by atoms with Gasteiger partial charge in [-0.3, -0.25) is 24.3 Å². The summed E-state index contributed by atoms with van der Waals surface area (Å²) in [6.07, 6.45) is 7.18. The van der Waals surface area contributed by atoms with Crippen LogP contribution >= 0.6 is 11.6 Å². The molecule has 0 spiro atoms. The van der Waals surface area contributed by atoms with E-state index < -0.39 is 0 Å². The number of fused-ring (bicyclic) bond motifs is 1. The van der Waals surface area contributed by atoms with Crippen LogP contribution in [0.5, 0.6) is 5.75 Å². The molecule has 0 atom stereocenters. The van der Waals surface area contributed by atoms with E-state index in [4.69, 9.17) is 16.3 Å². The quantitative estimate of drug-likeness (QED) is 0.244. The molecule has 0 radical (unpaired) electrons. The molecule has 5 heterocycles. The number of anilines is 1. The Bertz CT molecular complexity index is 2090. The number of piperidine rings is 1. The molecule has 14 heteroatoms. The van der Waals surface area contributed by atoms with Crippen LogP contribution in [0.15, 0.2) is 47.4 Å². The smallest absolute Gasteiger partial charge is 0.272 e. The third-order valence-electron chi connectivity index (χ3n) is 11.1. The van der Waals surface area contributed by atoms with Crippen molar-refractivity contribution >= 4 is 40.3 Å². The first-order chi connectivity index (χ1) is 26.2. The molecule has 3 fully saturated rings. The second-order valence-electron chi connectivity index (χ2n) is 14.6. The maximum absolute atomic E-state index is 13.5. The minimum Gasteiger partial charge on any atom is -0.490 e. The molecule has 7 rings (SSSR count). The molecule has 3 aromatic heterocycles. The first-order valence-electron chi connectivity index (χ1n) is 19.0. The first kappa shape index (κ1) is 37.3. The predicted molar refractivity (Wildman–Crippen MR) is 206 cm³/mol. The average molecular weight is 752 g/mol. The molecule has 2 N–H and O–H groups in total. The van der Waals surface area contributed by atoms with E-state index in [1.54, 1.807) is 18.2 Å². The summed E-state index contributed by atoms with van der Waals surface area (Å²) < 4.78 is 6.20. The summed E-state index contributed by atoms with van der Waals surface area (Å²) in [5.74, 6) is 1.35. The van der Waals surface area contributed by atoms with Gasteiger partial charge >= 0.3 is 0 Å². The molecular formula is C40H46ClN9O4. The zero-order valence-electron chi connectivity index (χ0n) is 30.8. The van der Waals surface area contributed by atoms with Crippen molar-refractivity contribution in [1.29, 1.82) is 5.26 Å². The fourth-order valence-corrected chi connectivity index (χ4v) is 7.97. The molecule has 54 heavy (non-hydrogen) atoms. The number of carbonyl (C=O) groups excluding carboxylic acids is 2. The monoisotopic (exact) mass is 751 g/mol.